The van der Waals surface area contributed by atoms with E-state index in [2.05, 4.69) is 0 Å². The first-order valence-electron chi connectivity index (χ1n) is 8.38. The third-order valence-electron chi connectivity index (χ3n) is 4.12. The summed E-state index contributed by atoms with van der Waals surface area (Å²) in [7, 11) is -3.33. The van der Waals surface area contributed by atoms with Gasteiger partial charge in [-0.1, -0.05) is 26.0 Å². The van der Waals surface area contributed by atoms with Crippen molar-refractivity contribution in [2.24, 2.45) is 0 Å². The third-order valence-corrected chi connectivity index (χ3v) is 5.24. The van der Waals surface area contributed by atoms with E-state index in [0.717, 1.165) is 23.8 Å². The quantitative estimate of drug-likeness (QED) is 0.549. The number of carbonyl (C=O) groups excluding carboxylic acids is 2. The van der Waals surface area contributed by atoms with E-state index in [1.807, 2.05) is 32.0 Å². The molecule has 0 radical (unpaired) electrons. The van der Waals surface area contributed by atoms with Gasteiger partial charge in [-0.05, 0) is 54.3 Å². The molecule has 0 saturated heterocycles. The average molecular weight is 374 g/mol. The molecule has 0 heterocycles. The highest BCUT2D eigenvalue weighted by molar-refractivity contribution is 7.90. The molecule has 0 spiro atoms. The molecule has 0 aliphatic rings. The van der Waals surface area contributed by atoms with Crippen molar-refractivity contribution in [1.29, 1.82) is 0 Å². The predicted molar refractivity (Wildman–Crippen MR) is 99.4 cm³/mol. The number of Topliss-reactive ketones (excluding diaryl/α,β-unsaturated/α-hetero) is 1. The van der Waals surface area contributed by atoms with E-state index in [1.165, 1.54) is 24.3 Å². The van der Waals surface area contributed by atoms with Gasteiger partial charge in [0.25, 0.3) is 0 Å². The Morgan fingerprint density at radius 1 is 0.962 bits per heavy atom. The summed E-state index contributed by atoms with van der Waals surface area (Å²) in [6.07, 6.45) is 2.62. The highest BCUT2D eigenvalue weighted by atomic mass is 32.2. The van der Waals surface area contributed by atoms with Crippen LogP contribution in [0.3, 0.4) is 0 Å². The van der Waals surface area contributed by atoms with Gasteiger partial charge in [0.15, 0.2) is 16.4 Å². The van der Waals surface area contributed by atoms with E-state index in [4.69, 9.17) is 4.74 Å². The van der Waals surface area contributed by atoms with Crippen molar-refractivity contribution in [3.63, 3.8) is 0 Å². The molecule has 26 heavy (non-hydrogen) atoms. The Morgan fingerprint density at radius 2 is 1.62 bits per heavy atom. The molecule has 0 aliphatic heterocycles. The molecule has 0 aromatic heterocycles. The number of hydrogen-bond donors (Lipinski definition) is 0. The fourth-order valence-corrected chi connectivity index (χ4v) is 3.17. The van der Waals surface area contributed by atoms with Crippen molar-refractivity contribution in [2.75, 3.05) is 12.9 Å². The van der Waals surface area contributed by atoms with Crippen molar-refractivity contribution >= 4 is 21.6 Å². The molecular weight excluding hydrogens is 352 g/mol. The van der Waals surface area contributed by atoms with Crippen LogP contribution in [0.4, 0.5) is 0 Å². The van der Waals surface area contributed by atoms with Gasteiger partial charge in [-0.25, -0.2) is 13.2 Å². The Kier molecular flexibility index (Phi) is 6.32. The van der Waals surface area contributed by atoms with Gasteiger partial charge >= 0.3 is 5.97 Å². The Labute approximate surface area is 153 Å². The summed E-state index contributed by atoms with van der Waals surface area (Å²) in [4.78, 5) is 24.7. The van der Waals surface area contributed by atoms with Gasteiger partial charge in [0.1, 0.15) is 0 Å². The summed E-state index contributed by atoms with van der Waals surface area (Å²) in [6.45, 7) is 3.62. The number of carbonyl (C=O) groups is 2. The summed E-state index contributed by atoms with van der Waals surface area (Å²) in [5, 5.41) is 0. The van der Waals surface area contributed by atoms with E-state index in [-0.39, 0.29) is 22.8 Å². The maximum atomic E-state index is 12.5. The van der Waals surface area contributed by atoms with Gasteiger partial charge in [-0.2, -0.15) is 0 Å². The lowest BCUT2D eigenvalue weighted by Gasteiger charge is -2.10. The summed E-state index contributed by atoms with van der Waals surface area (Å²) in [5.74, 6) is -0.915. The van der Waals surface area contributed by atoms with Crippen LogP contribution in [0, 0.1) is 0 Å². The predicted octanol–water partition coefficient (Wildman–Crippen LogP) is 3.25. The molecule has 0 atom stereocenters. The molecule has 0 unspecified atom stereocenters. The molecule has 138 valence electrons. The number of esters is 1. The molecule has 0 aliphatic carbocycles. The zero-order valence-corrected chi connectivity index (χ0v) is 15.9. The van der Waals surface area contributed by atoms with E-state index < -0.39 is 15.8 Å². The fourth-order valence-electron chi connectivity index (χ4n) is 2.54. The number of benzene rings is 2. The van der Waals surface area contributed by atoms with Crippen molar-refractivity contribution in [1.82, 2.24) is 0 Å². The van der Waals surface area contributed by atoms with E-state index in [9.17, 15) is 18.0 Å². The van der Waals surface area contributed by atoms with Gasteiger partial charge in [-0.15, -0.1) is 0 Å². The van der Waals surface area contributed by atoms with E-state index in [1.54, 1.807) is 0 Å². The zero-order valence-electron chi connectivity index (χ0n) is 15.1. The average Bonchev–Trinajstić information content (AvgIpc) is 2.64. The van der Waals surface area contributed by atoms with Crippen LogP contribution in [-0.2, 0) is 27.4 Å². The molecule has 2 aromatic rings. The fraction of sp³-hybridized carbons (Fsp3) is 0.300. The largest absolute Gasteiger partial charge is 0.454 e. The van der Waals surface area contributed by atoms with Crippen LogP contribution in [0.1, 0.15) is 45.7 Å². The maximum Gasteiger partial charge on any atom is 0.338 e. The molecule has 5 nitrogen and oxygen atoms in total. The number of sulfone groups is 1. The monoisotopic (exact) mass is 374 g/mol. The molecular formula is C20H22O5S. The van der Waals surface area contributed by atoms with Crippen LogP contribution in [0.2, 0.25) is 0 Å². The smallest absolute Gasteiger partial charge is 0.338 e. The molecule has 0 N–H and O–H groups in total. The second kappa shape index (κ2) is 8.27. The Hall–Kier alpha value is -2.47. The third kappa shape index (κ3) is 4.79. The second-order valence-electron chi connectivity index (χ2n) is 5.99. The minimum Gasteiger partial charge on any atom is -0.454 e. The van der Waals surface area contributed by atoms with Crippen LogP contribution < -0.4 is 0 Å². The summed E-state index contributed by atoms with van der Waals surface area (Å²) < 4.78 is 28.0. The molecule has 0 saturated carbocycles. The maximum absolute atomic E-state index is 12.5. The normalized spacial score (nSPS) is 11.2. The minimum absolute atomic E-state index is 0.120. The first kappa shape index (κ1) is 19.8. The van der Waals surface area contributed by atoms with Crippen LogP contribution >= 0.6 is 0 Å². The van der Waals surface area contributed by atoms with E-state index >= 15 is 0 Å². The molecule has 2 rings (SSSR count). The number of hydrogen-bond acceptors (Lipinski definition) is 5. The van der Waals surface area contributed by atoms with Gasteiger partial charge < -0.3 is 4.74 Å². The second-order valence-corrected chi connectivity index (χ2v) is 8.01. The number of ether oxygens (including phenoxy) is 1. The SMILES string of the molecule is CCc1ccc(CC)c(C(=O)COC(=O)c2ccc(S(C)(=O)=O)cc2)c1. The Bertz CT molecular complexity index is 912. The first-order valence-corrected chi connectivity index (χ1v) is 10.3. The van der Waals surface area contributed by atoms with Gasteiger partial charge in [0.05, 0.1) is 10.5 Å². The highest BCUT2D eigenvalue weighted by Crippen LogP contribution is 2.16. The first-order chi connectivity index (χ1) is 12.3. The number of ketones is 1. The lowest BCUT2D eigenvalue weighted by Crippen LogP contribution is -2.16. The Balaban J connectivity index is 2.08. The van der Waals surface area contributed by atoms with Crippen LogP contribution in [0.15, 0.2) is 47.4 Å². The van der Waals surface area contributed by atoms with Gasteiger partial charge in [0, 0.05) is 11.8 Å². The van der Waals surface area contributed by atoms with Gasteiger partial charge in [-0.3, -0.25) is 4.79 Å². The molecule has 0 fully saturated rings. The topological polar surface area (TPSA) is 77.5 Å². The summed E-state index contributed by atoms with van der Waals surface area (Å²) in [5.41, 5.74) is 2.74. The molecule has 0 bridgehead atoms. The van der Waals surface area contributed by atoms with Crippen molar-refractivity contribution in [3.05, 3.63) is 64.7 Å². The van der Waals surface area contributed by atoms with E-state index in [0.29, 0.717) is 12.0 Å². The molecule has 0 amide bonds. The lowest BCUT2D eigenvalue weighted by molar-refractivity contribution is 0.0474. The summed E-state index contributed by atoms with van der Waals surface area (Å²) >= 11 is 0. The summed E-state index contributed by atoms with van der Waals surface area (Å²) in [6, 6.07) is 11.2. The van der Waals surface area contributed by atoms with Crippen LogP contribution in [-0.4, -0.2) is 33.0 Å². The van der Waals surface area contributed by atoms with Crippen molar-refractivity contribution in [2.45, 2.75) is 31.6 Å². The Morgan fingerprint density at radius 3 is 2.15 bits per heavy atom. The molecule has 2 aromatic carbocycles. The van der Waals surface area contributed by atoms with Gasteiger partial charge in [0.2, 0.25) is 5.78 Å². The standard InChI is InChI=1S/C20H22O5S/c1-4-14-6-7-15(5-2)18(12-14)19(21)13-25-20(22)16-8-10-17(11-9-16)26(3,23)24/h6-12H,4-5,13H2,1-3H3. The number of rotatable bonds is 7. The highest BCUT2D eigenvalue weighted by Gasteiger charge is 2.16. The lowest BCUT2D eigenvalue weighted by atomic mass is 9.98. The zero-order chi connectivity index (χ0) is 19.3. The minimum atomic E-state index is -3.33. The number of aryl methyl sites for hydroxylation is 2. The van der Waals surface area contributed by atoms with Crippen LogP contribution in [0.5, 0.6) is 0 Å². The van der Waals surface area contributed by atoms with Crippen LogP contribution in [0.25, 0.3) is 0 Å². The van der Waals surface area contributed by atoms with Crippen molar-refractivity contribution < 1.29 is 22.7 Å². The molecule has 6 heteroatoms. The van der Waals surface area contributed by atoms with Crippen molar-refractivity contribution in [3.8, 4) is 0 Å².